The summed E-state index contributed by atoms with van der Waals surface area (Å²) in [6.45, 7) is 13.7. The topological polar surface area (TPSA) is 92.9 Å². The van der Waals surface area contributed by atoms with E-state index in [1.807, 2.05) is 24.5 Å². The van der Waals surface area contributed by atoms with Crippen molar-refractivity contribution >= 4 is 33.3 Å². The molecule has 4 aromatic rings. The van der Waals surface area contributed by atoms with Crippen molar-refractivity contribution in [2.45, 2.75) is 32.6 Å². The predicted octanol–water partition coefficient (Wildman–Crippen LogP) is 5.04. The zero-order chi connectivity index (χ0) is 27.5. The third-order valence-electron chi connectivity index (χ3n) is 8.20. The number of allylic oxidation sites excluding steroid dienone is 5. The molecule has 2 N–H and O–H groups in total. The van der Waals surface area contributed by atoms with Crippen molar-refractivity contribution in [2.24, 2.45) is 0 Å². The van der Waals surface area contributed by atoms with E-state index in [1.54, 1.807) is 0 Å². The van der Waals surface area contributed by atoms with Crippen LogP contribution < -0.4 is 4.90 Å². The van der Waals surface area contributed by atoms with Crippen molar-refractivity contribution in [1.29, 1.82) is 0 Å². The van der Waals surface area contributed by atoms with E-state index in [2.05, 4.69) is 73.6 Å². The first-order valence-electron chi connectivity index (χ1n) is 14.5. The second-order valence-corrected chi connectivity index (χ2v) is 10.9. The molecule has 0 atom stereocenters. The van der Waals surface area contributed by atoms with Gasteiger partial charge in [0.05, 0.1) is 34.8 Å². The fourth-order valence-corrected chi connectivity index (χ4v) is 5.79. The summed E-state index contributed by atoms with van der Waals surface area (Å²) >= 11 is 0. The number of hydrogen-bond acceptors (Lipinski definition) is 7. The Morgan fingerprint density at radius 1 is 1.00 bits per heavy atom. The zero-order valence-corrected chi connectivity index (χ0v) is 23.7. The number of rotatable bonds is 9. The largest absolute Gasteiger partial charge is 0.366 e. The molecule has 2 fully saturated rings. The first kappa shape index (κ1) is 26.4. The van der Waals surface area contributed by atoms with Crippen LogP contribution in [0.1, 0.15) is 38.3 Å². The summed E-state index contributed by atoms with van der Waals surface area (Å²) in [7, 11) is 2.16. The van der Waals surface area contributed by atoms with Crippen LogP contribution in [0.5, 0.6) is 0 Å². The summed E-state index contributed by atoms with van der Waals surface area (Å²) in [5.74, 6) is 0.695. The number of likely N-dealkylation sites (tertiary alicyclic amines) is 1. The average Bonchev–Trinajstić information content (AvgIpc) is 3.74. The monoisotopic (exact) mass is 537 g/mol. The molecule has 9 nitrogen and oxygen atoms in total. The van der Waals surface area contributed by atoms with Gasteiger partial charge in [-0.05, 0) is 88.6 Å². The summed E-state index contributed by atoms with van der Waals surface area (Å²) in [6, 6.07) is 4.10. The molecule has 4 aromatic heterocycles. The molecule has 0 saturated carbocycles. The van der Waals surface area contributed by atoms with E-state index in [-0.39, 0.29) is 0 Å². The first-order valence-corrected chi connectivity index (χ1v) is 14.5. The molecular formula is C31H39N9. The number of nitrogens with zero attached hydrogens (tertiary/aromatic N) is 7. The number of imidazole rings is 1. The fraction of sp³-hybridized carbons (Fsp3) is 0.419. The van der Waals surface area contributed by atoms with Gasteiger partial charge in [-0.15, -0.1) is 0 Å². The highest BCUT2D eigenvalue weighted by atomic mass is 15.3. The third-order valence-corrected chi connectivity index (χ3v) is 8.20. The maximum absolute atomic E-state index is 5.06. The van der Waals surface area contributed by atoms with Crippen molar-refractivity contribution in [3.8, 4) is 11.5 Å². The standard InChI is InChI=1S/C31H39N9/c1-4-22(9-8-14-39-12-6-7-13-39)19-23(5-2)24-10-11-25-29(33-24)30(37-36-25)31-34-26-20-32-21-27(28(26)35-31)40-17-15-38(3)16-18-40/h4-5,10-11,19-21H,1,6-9,12-18H2,2-3H3,(H,34,35)(H,36,37)/b22-19+,23-5+. The SMILES string of the molecule is C=C/C(=C\C(=C/C)c1ccc2[nH]nc(-c3nc4c(N5CCN(C)CC5)cncc4[nH]3)c2n1)CCCN1CCCC1. The number of H-pyrrole nitrogens is 2. The minimum Gasteiger partial charge on any atom is -0.366 e. The molecule has 0 radical (unpaired) electrons. The quantitative estimate of drug-likeness (QED) is 0.289. The summed E-state index contributed by atoms with van der Waals surface area (Å²) in [5.41, 5.74) is 8.50. The lowest BCUT2D eigenvalue weighted by molar-refractivity contribution is 0.313. The fourth-order valence-electron chi connectivity index (χ4n) is 5.79. The Balaban J connectivity index is 1.27. The lowest BCUT2D eigenvalue weighted by Crippen LogP contribution is -2.44. The average molecular weight is 538 g/mol. The maximum atomic E-state index is 5.06. The Morgan fingerprint density at radius 2 is 1.82 bits per heavy atom. The lowest BCUT2D eigenvalue weighted by atomic mass is 10.0. The first-order chi connectivity index (χ1) is 19.6. The molecule has 2 aliphatic rings. The molecule has 0 spiro atoms. The number of likely N-dealkylation sites (N-methyl/N-ethyl adjacent to an activating group) is 1. The Hall–Kier alpha value is -3.82. The van der Waals surface area contributed by atoms with Gasteiger partial charge in [0.2, 0.25) is 0 Å². The van der Waals surface area contributed by atoms with Gasteiger partial charge in [0.15, 0.2) is 11.5 Å². The van der Waals surface area contributed by atoms with Gasteiger partial charge in [-0.1, -0.05) is 18.7 Å². The summed E-state index contributed by atoms with van der Waals surface area (Å²) in [5, 5.41) is 7.76. The molecule has 0 aromatic carbocycles. The van der Waals surface area contributed by atoms with Crippen molar-refractivity contribution in [3.63, 3.8) is 0 Å². The van der Waals surface area contributed by atoms with Gasteiger partial charge in [-0.3, -0.25) is 10.1 Å². The van der Waals surface area contributed by atoms with Crippen LogP contribution >= 0.6 is 0 Å². The molecule has 40 heavy (non-hydrogen) atoms. The summed E-state index contributed by atoms with van der Waals surface area (Å²) in [6.07, 6.45) is 14.9. The Labute approximate surface area is 235 Å². The number of hydrogen-bond donors (Lipinski definition) is 2. The summed E-state index contributed by atoms with van der Waals surface area (Å²) in [4.78, 5) is 25.3. The highest BCUT2D eigenvalue weighted by molar-refractivity contribution is 5.94. The van der Waals surface area contributed by atoms with E-state index in [0.717, 1.165) is 84.6 Å². The van der Waals surface area contributed by atoms with E-state index in [0.29, 0.717) is 11.5 Å². The molecule has 0 aliphatic carbocycles. The van der Waals surface area contributed by atoms with E-state index in [1.165, 1.54) is 31.5 Å². The summed E-state index contributed by atoms with van der Waals surface area (Å²) < 4.78 is 0. The van der Waals surface area contributed by atoms with Crippen LogP contribution in [0.2, 0.25) is 0 Å². The second kappa shape index (κ2) is 11.7. The van der Waals surface area contributed by atoms with Crippen molar-refractivity contribution < 1.29 is 0 Å². The Kier molecular flexibility index (Phi) is 7.75. The minimum absolute atomic E-state index is 0.695. The van der Waals surface area contributed by atoms with Gasteiger partial charge >= 0.3 is 0 Å². The van der Waals surface area contributed by atoms with Crippen LogP contribution in [0.15, 0.2) is 54.9 Å². The van der Waals surface area contributed by atoms with Crippen LogP contribution in [0.4, 0.5) is 5.69 Å². The van der Waals surface area contributed by atoms with Crippen molar-refractivity contribution in [3.05, 3.63) is 60.6 Å². The van der Waals surface area contributed by atoms with Gasteiger partial charge in [-0.2, -0.15) is 5.10 Å². The van der Waals surface area contributed by atoms with Crippen LogP contribution in [-0.2, 0) is 0 Å². The molecule has 0 unspecified atom stereocenters. The number of pyridine rings is 2. The van der Waals surface area contributed by atoms with Crippen LogP contribution in [0, 0.1) is 0 Å². The van der Waals surface area contributed by atoms with E-state index in [9.17, 15) is 0 Å². The number of piperazine rings is 1. The van der Waals surface area contributed by atoms with E-state index < -0.39 is 0 Å². The zero-order valence-electron chi connectivity index (χ0n) is 23.7. The van der Waals surface area contributed by atoms with Crippen molar-refractivity contribution in [1.82, 2.24) is 39.9 Å². The van der Waals surface area contributed by atoms with Crippen LogP contribution in [0.3, 0.4) is 0 Å². The van der Waals surface area contributed by atoms with Crippen molar-refractivity contribution in [2.75, 3.05) is 57.8 Å². The van der Waals surface area contributed by atoms with Gasteiger partial charge in [0.25, 0.3) is 0 Å². The lowest BCUT2D eigenvalue weighted by Gasteiger charge is -2.33. The highest BCUT2D eigenvalue weighted by Crippen LogP contribution is 2.31. The molecule has 6 heterocycles. The van der Waals surface area contributed by atoms with Gasteiger partial charge < -0.3 is 19.7 Å². The Bertz CT molecular complexity index is 1550. The molecule has 0 bridgehead atoms. The maximum Gasteiger partial charge on any atom is 0.161 e. The third kappa shape index (κ3) is 5.44. The van der Waals surface area contributed by atoms with E-state index >= 15 is 0 Å². The molecule has 6 rings (SSSR count). The van der Waals surface area contributed by atoms with Gasteiger partial charge in [0, 0.05) is 26.2 Å². The normalized spacial score (nSPS) is 17.9. The number of anilines is 1. The predicted molar refractivity (Wildman–Crippen MR) is 163 cm³/mol. The van der Waals surface area contributed by atoms with Crippen LogP contribution in [0.25, 0.3) is 39.2 Å². The Morgan fingerprint density at radius 3 is 2.60 bits per heavy atom. The number of fused-ring (bicyclic) bond motifs is 2. The number of aromatic nitrogens is 6. The second-order valence-electron chi connectivity index (χ2n) is 10.9. The van der Waals surface area contributed by atoms with Gasteiger partial charge in [-0.25, -0.2) is 9.97 Å². The molecule has 9 heteroatoms. The van der Waals surface area contributed by atoms with Gasteiger partial charge in [0.1, 0.15) is 11.0 Å². The molecule has 2 aliphatic heterocycles. The molecular weight excluding hydrogens is 498 g/mol. The number of aromatic amines is 2. The molecule has 2 saturated heterocycles. The minimum atomic E-state index is 0.695. The van der Waals surface area contributed by atoms with Crippen LogP contribution in [-0.4, -0.2) is 92.8 Å². The highest BCUT2D eigenvalue weighted by Gasteiger charge is 2.21. The smallest absolute Gasteiger partial charge is 0.161 e. The van der Waals surface area contributed by atoms with E-state index in [4.69, 9.17) is 9.97 Å². The molecule has 0 amide bonds. The molecule has 208 valence electrons. The number of nitrogens with one attached hydrogen (secondary N) is 2.